The quantitative estimate of drug-likeness (QED) is 0.903. The maximum absolute atomic E-state index is 12.4. The Kier molecular flexibility index (Phi) is 5.04. The zero-order chi connectivity index (χ0) is 17.2. The van der Waals surface area contributed by atoms with Crippen molar-refractivity contribution in [3.8, 4) is 0 Å². The van der Waals surface area contributed by atoms with Crippen LogP contribution >= 0.6 is 11.3 Å². The molecule has 5 nitrogen and oxygen atoms in total. The van der Waals surface area contributed by atoms with Crippen LogP contribution in [0.15, 0.2) is 21.6 Å². The van der Waals surface area contributed by atoms with E-state index < -0.39 is 0 Å². The molecule has 6 heteroatoms. The van der Waals surface area contributed by atoms with E-state index in [1.807, 2.05) is 39.1 Å². The Morgan fingerprint density at radius 3 is 2.65 bits per heavy atom. The van der Waals surface area contributed by atoms with Crippen molar-refractivity contribution in [1.82, 2.24) is 15.3 Å². The Morgan fingerprint density at radius 2 is 2.13 bits per heavy atom. The van der Waals surface area contributed by atoms with Gasteiger partial charge in [-0.15, -0.1) is 0 Å². The van der Waals surface area contributed by atoms with Gasteiger partial charge in [-0.1, -0.05) is 27.7 Å². The fraction of sp³-hybridized carbons (Fsp3) is 0.471. The zero-order valence-corrected chi connectivity index (χ0v) is 15.0. The molecule has 2 aromatic rings. The number of aromatic amines is 1. The molecule has 0 saturated carbocycles. The minimum atomic E-state index is -0.386. The molecule has 2 rings (SSSR count). The number of H-pyrrole nitrogens is 1. The predicted octanol–water partition coefficient (Wildman–Crippen LogP) is 2.97. The first-order valence-electron chi connectivity index (χ1n) is 7.62. The molecule has 0 fully saturated rings. The SMILES string of the molecule is Cc1nc(C(C)(C)C)[nH]c(=O)c1C(=O)NC[C@H](C)c1ccsc1. The molecule has 0 radical (unpaired) electrons. The van der Waals surface area contributed by atoms with Crippen LogP contribution in [0, 0.1) is 6.92 Å². The third-order valence-electron chi connectivity index (χ3n) is 3.72. The van der Waals surface area contributed by atoms with E-state index in [9.17, 15) is 9.59 Å². The van der Waals surface area contributed by atoms with Gasteiger partial charge < -0.3 is 10.3 Å². The van der Waals surface area contributed by atoms with Crippen molar-refractivity contribution >= 4 is 17.2 Å². The summed E-state index contributed by atoms with van der Waals surface area (Å²) >= 11 is 1.63. The van der Waals surface area contributed by atoms with E-state index in [4.69, 9.17) is 0 Å². The molecule has 124 valence electrons. The molecule has 0 aromatic carbocycles. The predicted molar refractivity (Wildman–Crippen MR) is 93.4 cm³/mol. The standard InChI is InChI=1S/C17H23N3O2S/c1-10(12-6-7-23-9-12)8-18-14(21)13-11(2)19-16(17(3,4)5)20-15(13)22/h6-7,9-10H,8H2,1-5H3,(H,18,21)(H,19,20,22)/t10-/m0/s1. The smallest absolute Gasteiger partial charge is 0.264 e. The van der Waals surface area contributed by atoms with Crippen molar-refractivity contribution < 1.29 is 4.79 Å². The van der Waals surface area contributed by atoms with Gasteiger partial charge in [-0.3, -0.25) is 9.59 Å². The topological polar surface area (TPSA) is 74.8 Å². The number of hydrogen-bond acceptors (Lipinski definition) is 4. The largest absolute Gasteiger partial charge is 0.351 e. The van der Waals surface area contributed by atoms with Gasteiger partial charge >= 0.3 is 0 Å². The number of nitrogens with one attached hydrogen (secondary N) is 2. The molecule has 0 unspecified atom stereocenters. The fourth-order valence-electron chi connectivity index (χ4n) is 2.22. The lowest BCUT2D eigenvalue weighted by atomic mass is 9.95. The number of thiophene rings is 1. The number of carbonyl (C=O) groups is 1. The van der Waals surface area contributed by atoms with Crippen LogP contribution in [-0.4, -0.2) is 22.4 Å². The Bertz CT molecular complexity index is 742. The normalized spacial score (nSPS) is 12.9. The Balaban J connectivity index is 2.15. The lowest BCUT2D eigenvalue weighted by Gasteiger charge is -2.18. The van der Waals surface area contributed by atoms with E-state index >= 15 is 0 Å². The summed E-state index contributed by atoms with van der Waals surface area (Å²) in [6.07, 6.45) is 0. The van der Waals surface area contributed by atoms with E-state index in [-0.39, 0.29) is 28.4 Å². The Labute approximate surface area is 140 Å². The molecule has 0 aliphatic rings. The molecule has 2 N–H and O–H groups in total. The summed E-state index contributed by atoms with van der Waals surface area (Å²) in [4.78, 5) is 31.7. The van der Waals surface area contributed by atoms with Crippen LogP contribution in [0.25, 0.3) is 0 Å². The van der Waals surface area contributed by atoms with Crippen LogP contribution in [0.2, 0.25) is 0 Å². The van der Waals surface area contributed by atoms with Crippen LogP contribution in [0.4, 0.5) is 0 Å². The number of aryl methyl sites for hydroxylation is 1. The number of aromatic nitrogens is 2. The van der Waals surface area contributed by atoms with Crippen molar-refractivity contribution in [3.05, 3.63) is 49.8 Å². The third-order valence-corrected chi connectivity index (χ3v) is 4.42. The third kappa shape index (κ3) is 4.07. The second-order valence-electron chi connectivity index (χ2n) is 6.79. The van der Waals surface area contributed by atoms with E-state index in [0.717, 1.165) is 0 Å². The van der Waals surface area contributed by atoms with Gasteiger partial charge in [0.25, 0.3) is 11.5 Å². The summed E-state index contributed by atoms with van der Waals surface area (Å²) in [5, 5.41) is 6.91. The average molecular weight is 333 g/mol. The summed E-state index contributed by atoms with van der Waals surface area (Å²) in [6.45, 7) is 10.1. The molecular formula is C17H23N3O2S. The first-order valence-corrected chi connectivity index (χ1v) is 8.56. The van der Waals surface area contributed by atoms with Gasteiger partial charge in [0.05, 0.1) is 5.69 Å². The van der Waals surface area contributed by atoms with Gasteiger partial charge in [0, 0.05) is 12.0 Å². The minimum absolute atomic E-state index is 0.0931. The fourth-order valence-corrected chi connectivity index (χ4v) is 3.00. The average Bonchev–Trinajstić information content (AvgIpc) is 2.97. The van der Waals surface area contributed by atoms with Gasteiger partial charge in [0.1, 0.15) is 11.4 Å². The van der Waals surface area contributed by atoms with E-state index in [1.165, 1.54) is 5.56 Å². The van der Waals surface area contributed by atoms with Gasteiger partial charge in [-0.05, 0) is 35.2 Å². The van der Waals surface area contributed by atoms with Crippen molar-refractivity contribution in [2.45, 2.75) is 46.0 Å². The molecule has 2 aromatic heterocycles. The number of carbonyl (C=O) groups excluding carboxylic acids is 1. The molecule has 1 amide bonds. The molecule has 1 atom stereocenters. The van der Waals surface area contributed by atoms with Crippen molar-refractivity contribution in [3.63, 3.8) is 0 Å². The highest BCUT2D eigenvalue weighted by Gasteiger charge is 2.22. The molecule has 2 heterocycles. The number of nitrogens with zero attached hydrogens (tertiary/aromatic N) is 1. The van der Waals surface area contributed by atoms with E-state index in [0.29, 0.717) is 18.1 Å². The van der Waals surface area contributed by atoms with Crippen molar-refractivity contribution in [1.29, 1.82) is 0 Å². The number of amides is 1. The van der Waals surface area contributed by atoms with E-state index in [1.54, 1.807) is 18.3 Å². The first-order chi connectivity index (χ1) is 10.7. The van der Waals surface area contributed by atoms with Crippen LogP contribution in [0.3, 0.4) is 0 Å². The van der Waals surface area contributed by atoms with Crippen LogP contribution in [0.1, 0.15) is 61.1 Å². The van der Waals surface area contributed by atoms with Crippen LogP contribution in [-0.2, 0) is 5.41 Å². The Morgan fingerprint density at radius 1 is 1.43 bits per heavy atom. The molecule has 0 spiro atoms. The van der Waals surface area contributed by atoms with Gasteiger partial charge in [-0.2, -0.15) is 11.3 Å². The van der Waals surface area contributed by atoms with Crippen molar-refractivity contribution in [2.75, 3.05) is 6.54 Å². The summed E-state index contributed by atoms with van der Waals surface area (Å²) in [6, 6.07) is 2.04. The molecule has 23 heavy (non-hydrogen) atoms. The molecular weight excluding hydrogens is 310 g/mol. The van der Waals surface area contributed by atoms with Gasteiger partial charge in [0.2, 0.25) is 0 Å². The molecule has 0 aliphatic heterocycles. The molecule has 0 saturated heterocycles. The maximum atomic E-state index is 12.4. The summed E-state index contributed by atoms with van der Waals surface area (Å²) in [5.74, 6) is 0.411. The van der Waals surface area contributed by atoms with Gasteiger partial charge in [0.15, 0.2) is 0 Å². The summed E-state index contributed by atoms with van der Waals surface area (Å²) in [5.41, 5.74) is 1.08. The summed E-state index contributed by atoms with van der Waals surface area (Å²) in [7, 11) is 0. The summed E-state index contributed by atoms with van der Waals surface area (Å²) < 4.78 is 0. The minimum Gasteiger partial charge on any atom is -0.351 e. The molecule has 0 aliphatic carbocycles. The zero-order valence-electron chi connectivity index (χ0n) is 14.2. The highest BCUT2D eigenvalue weighted by atomic mass is 32.1. The molecule has 0 bridgehead atoms. The maximum Gasteiger partial charge on any atom is 0.264 e. The van der Waals surface area contributed by atoms with Crippen LogP contribution < -0.4 is 10.9 Å². The van der Waals surface area contributed by atoms with Crippen molar-refractivity contribution in [2.24, 2.45) is 0 Å². The van der Waals surface area contributed by atoms with Gasteiger partial charge in [-0.25, -0.2) is 4.98 Å². The van der Waals surface area contributed by atoms with E-state index in [2.05, 4.69) is 20.7 Å². The second-order valence-corrected chi connectivity index (χ2v) is 7.57. The lowest BCUT2D eigenvalue weighted by molar-refractivity contribution is 0.0949. The highest BCUT2D eigenvalue weighted by Crippen LogP contribution is 2.18. The monoisotopic (exact) mass is 333 g/mol. The number of rotatable bonds is 4. The highest BCUT2D eigenvalue weighted by molar-refractivity contribution is 7.07. The first kappa shape index (κ1) is 17.4. The lowest BCUT2D eigenvalue weighted by Crippen LogP contribution is -2.35. The van der Waals surface area contributed by atoms with Crippen LogP contribution in [0.5, 0.6) is 0 Å². The second kappa shape index (κ2) is 6.66. The number of hydrogen-bond donors (Lipinski definition) is 2. The Hall–Kier alpha value is -1.95.